The van der Waals surface area contributed by atoms with Crippen LogP contribution >= 0.6 is 0 Å². The van der Waals surface area contributed by atoms with Gasteiger partial charge in [-0.25, -0.2) is 0 Å². The number of fused-ring (bicyclic) bond motifs is 1. The monoisotopic (exact) mass is 261 g/mol. The average Bonchev–Trinajstić information content (AvgIpc) is 2.84. The summed E-state index contributed by atoms with van der Waals surface area (Å²) in [5.41, 5.74) is 2.63. The summed E-state index contributed by atoms with van der Waals surface area (Å²) in [7, 11) is 0. The largest absolute Gasteiger partial charge is 0.388 e. The highest BCUT2D eigenvalue weighted by Gasteiger charge is 2.31. The summed E-state index contributed by atoms with van der Waals surface area (Å²) in [5.74, 6) is 1.57. The standard InChI is InChI=1S/C17H27NO/c1-12(2)13-6-3-4-7-15(13)18-11-10-14-16(18)8-5-9-17(14)19/h10-13,15,17,19H,3-9H2,1-2H3. The number of aromatic nitrogens is 1. The molecule has 1 aromatic heterocycles. The van der Waals surface area contributed by atoms with Gasteiger partial charge in [0, 0.05) is 23.5 Å². The Morgan fingerprint density at radius 1 is 1.16 bits per heavy atom. The van der Waals surface area contributed by atoms with Crippen LogP contribution in [0.2, 0.25) is 0 Å². The third kappa shape index (κ3) is 2.35. The first-order valence-corrected chi connectivity index (χ1v) is 8.06. The van der Waals surface area contributed by atoms with Crippen LogP contribution in [0.5, 0.6) is 0 Å². The average molecular weight is 261 g/mol. The lowest BCUT2D eigenvalue weighted by Gasteiger charge is -2.37. The third-order valence-corrected chi connectivity index (χ3v) is 5.30. The Labute approximate surface area is 116 Å². The van der Waals surface area contributed by atoms with E-state index in [1.165, 1.54) is 36.9 Å². The van der Waals surface area contributed by atoms with E-state index in [4.69, 9.17) is 0 Å². The summed E-state index contributed by atoms with van der Waals surface area (Å²) >= 11 is 0. The molecule has 2 nitrogen and oxygen atoms in total. The van der Waals surface area contributed by atoms with Gasteiger partial charge < -0.3 is 9.67 Å². The highest BCUT2D eigenvalue weighted by Crippen LogP contribution is 2.41. The zero-order valence-corrected chi connectivity index (χ0v) is 12.3. The van der Waals surface area contributed by atoms with Crippen molar-refractivity contribution in [3.05, 3.63) is 23.5 Å². The fourth-order valence-corrected chi connectivity index (χ4v) is 4.26. The van der Waals surface area contributed by atoms with E-state index >= 15 is 0 Å². The SMILES string of the molecule is CC(C)C1CCCCC1n1ccc2c1CCCC2O. The fraction of sp³-hybridized carbons (Fsp3) is 0.765. The molecule has 2 aliphatic rings. The molecule has 3 atom stereocenters. The molecular formula is C17H27NO. The maximum absolute atomic E-state index is 10.1. The van der Waals surface area contributed by atoms with Crippen molar-refractivity contribution in [2.24, 2.45) is 11.8 Å². The Morgan fingerprint density at radius 3 is 2.74 bits per heavy atom. The van der Waals surface area contributed by atoms with Crippen molar-refractivity contribution in [1.29, 1.82) is 0 Å². The Bertz CT molecular complexity index is 434. The second-order valence-corrected chi connectivity index (χ2v) is 6.79. The highest BCUT2D eigenvalue weighted by atomic mass is 16.3. The maximum Gasteiger partial charge on any atom is 0.0807 e. The smallest absolute Gasteiger partial charge is 0.0807 e. The minimum absolute atomic E-state index is 0.217. The second-order valence-electron chi connectivity index (χ2n) is 6.79. The van der Waals surface area contributed by atoms with Crippen molar-refractivity contribution in [2.75, 3.05) is 0 Å². The highest BCUT2D eigenvalue weighted by molar-refractivity contribution is 5.28. The first-order chi connectivity index (χ1) is 9.18. The minimum Gasteiger partial charge on any atom is -0.388 e. The molecule has 2 heteroatoms. The molecule has 2 aliphatic carbocycles. The van der Waals surface area contributed by atoms with Gasteiger partial charge in [0.1, 0.15) is 0 Å². The van der Waals surface area contributed by atoms with Gasteiger partial charge >= 0.3 is 0 Å². The molecule has 0 aliphatic heterocycles. The minimum atomic E-state index is -0.217. The van der Waals surface area contributed by atoms with Gasteiger partial charge in [0.05, 0.1) is 6.10 Å². The van der Waals surface area contributed by atoms with E-state index in [-0.39, 0.29) is 6.10 Å². The van der Waals surface area contributed by atoms with E-state index in [0.29, 0.717) is 6.04 Å². The van der Waals surface area contributed by atoms with Crippen LogP contribution in [0, 0.1) is 11.8 Å². The summed E-state index contributed by atoms with van der Waals surface area (Å²) in [6.45, 7) is 4.74. The molecule has 19 heavy (non-hydrogen) atoms. The van der Waals surface area contributed by atoms with Gasteiger partial charge in [0.15, 0.2) is 0 Å². The lowest BCUT2D eigenvalue weighted by Crippen LogP contribution is -2.28. The molecule has 0 bridgehead atoms. The molecule has 0 amide bonds. The first-order valence-electron chi connectivity index (χ1n) is 8.06. The Balaban J connectivity index is 1.92. The molecule has 0 spiro atoms. The van der Waals surface area contributed by atoms with Crippen molar-refractivity contribution < 1.29 is 5.11 Å². The number of hydrogen-bond donors (Lipinski definition) is 1. The summed E-state index contributed by atoms with van der Waals surface area (Å²) in [6, 6.07) is 2.84. The van der Waals surface area contributed by atoms with Crippen LogP contribution in [0.15, 0.2) is 12.3 Å². The molecule has 3 rings (SSSR count). The molecule has 1 fully saturated rings. The third-order valence-electron chi connectivity index (χ3n) is 5.30. The van der Waals surface area contributed by atoms with Crippen molar-refractivity contribution in [1.82, 2.24) is 4.57 Å². The van der Waals surface area contributed by atoms with E-state index in [1.807, 2.05) is 0 Å². The van der Waals surface area contributed by atoms with Crippen LogP contribution < -0.4 is 0 Å². The van der Waals surface area contributed by atoms with Crippen molar-refractivity contribution in [3.8, 4) is 0 Å². The molecule has 0 saturated heterocycles. The number of aliphatic hydroxyl groups is 1. The van der Waals surface area contributed by atoms with Crippen LogP contribution in [-0.4, -0.2) is 9.67 Å². The lowest BCUT2D eigenvalue weighted by atomic mass is 9.77. The van der Waals surface area contributed by atoms with Gasteiger partial charge in [-0.1, -0.05) is 26.7 Å². The molecular weight excluding hydrogens is 234 g/mol. The molecule has 1 N–H and O–H groups in total. The second kappa shape index (κ2) is 5.32. The summed E-state index contributed by atoms with van der Waals surface area (Å²) in [6.07, 6.45) is 10.7. The lowest BCUT2D eigenvalue weighted by molar-refractivity contribution is 0.150. The van der Waals surface area contributed by atoms with E-state index in [1.54, 1.807) is 0 Å². The van der Waals surface area contributed by atoms with Gasteiger partial charge in [-0.3, -0.25) is 0 Å². The Hall–Kier alpha value is -0.760. The van der Waals surface area contributed by atoms with Gasteiger partial charge in [-0.05, 0) is 50.0 Å². The van der Waals surface area contributed by atoms with Crippen molar-refractivity contribution in [3.63, 3.8) is 0 Å². The van der Waals surface area contributed by atoms with E-state index in [9.17, 15) is 5.11 Å². The van der Waals surface area contributed by atoms with Gasteiger partial charge in [-0.2, -0.15) is 0 Å². The molecule has 1 heterocycles. The van der Waals surface area contributed by atoms with Crippen LogP contribution in [0.1, 0.15) is 75.8 Å². The Morgan fingerprint density at radius 2 is 1.95 bits per heavy atom. The van der Waals surface area contributed by atoms with Gasteiger partial charge in [0.25, 0.3) is 0 Å². The quantitative estimate of drug-likeness (QED) is 0.846. The van der Waals surface area contributed by atoms with E-state index in [0.717, 1.165) is 31.1 Å². The molecule has 0 aromatic carbocycles. The normalized spacial score (nSPS) is 31.5. The number of hydrogen-bond acceptors (Lipinski definition) is 1. The molecule has 3 unspecified atom stereocenters. The number of aliphatic hydroxyl groups excluding tert-OH is 1. The first kappa shape index (κ1) is 13.2. The van der Waals surface area contributed by atoms with Crippen molar-refractivity contribution >= 4 is 0 Å². The predicted octanol–water partition coefficient (Wildman–Crippen LogP) is 4.25. The van der Waals surface area contributed by atoms with Crippen LogP contribution in [0.25, 0.3) is 0 Å². The molecule has 1 aromatic rings. The van der Waals surface area contributed by atoms with Crippen molar-refractivity contribution in [2.45, 2.75) is 70.9 Å². The Kier molecular flexibility index (Phi) is 3.70. The number of nitrogens with zero attached hydrogens (tertiary/aromatic N) is 1. The summed E-state index contributed by atoms with van der Waals surface area (Å²) in [5, 5.41) is 10.1. The van der Waals surface area contributed by atoms with Gasteiger partial charge in [0.2, 0.25) is 0 Å². The van der Waals surface area contributed by atoms with E-state index in [2.05, 4.69) is 30.7 Å². The zero-order chi connectivity index (χ0) is 13.4. The van der Waals surface area contributed by atoms with Crippen LogP contribution in [0.3, 0.4) is 0 Å². The summed E-state index contributed by atoms with van der Waals surface area (Å²) in [4.78, 5) is 0. The zero-order valence-electron chi connectivity index (χ0n) is 12.3. The number of rotatable bonds is 2. The van der Waals surface area contributed by atoms with Crippen LogP contribution in [0.4, 0.5) is 0 Å². The van der Waals surface area contributed by atoms with Crippen LogP contribution in [-0.2, 0) is 6.42 Å². The predicted molar refractivity (Wildman–Crippen MR) is 78.2 cm³/mol. The fourth-order valence-electron chi connectivity index (χ4n) is 4.26. The molecule has 1 saturated carbocycles. The maximum atomic E-state index is 10.1. The topological polar surface area (TPSA) is 25.2 Å². The molecule has 0 radical (unpaired) electrons. The van der Waals surface area contributed by atoms with Gasteiger partial charge in [-0.15, -0.1) is 0 Å². The van der Waals surface area contributed by atoms with E-state index < -0.39 is 0 Å². The summed E-state index contributed by atoms with van der Waals surface area (Å²) < 4.78 is 2.53. The molecule has 106 valence electrons.